The van der Waals surface area contributed by atoms with Crippen LogP contribution in [0.25, 0.3) is 5.76 Å². The lowest BCUT2D eigenvalue weighted by molar-refractivity contribution is 0.338. The van der Waals surface area contributed by atoms with Gasteiger partial charge in [-0.05, 0) is 43.4 Å². The molecule has 0 radical (unpaired) electrons. The molecule has 0 bridgehead atoms. The Bertz CT molecular complexity index is 382. The summed E-state index contributed by atoms with van der Waals surface area (Å²) in [6, 6.07) is 7.03. The molecule has 16 heavy (non-hydrogen) atoms. The van der Waals surface area contributed by atoms with E-state index in [1.165, 1.54) is 6.08 Å². The fraction of sp³-hybridized carbons (Fsp3) is 0.250. The van der Waals surface area contributed by atoms with Crippen LogP contribution in [-0.4, -0.2) is 23.9 Å². The maximum Gasteiger partial charge on any atom is 0.187 e. The second-order valence-corrected chi connectivity index (χ2v) is 3.41. The lowest BCUT2D eigenvalue weighted by Gasteiger charge is -2.04. The van der Waals surface area contributed by atoms with Gasteiger partial charge in [-0.1, -0.05) is 0 Å². The molecule has 1 aromatic carbocycles. The highest BCUT2D eigenvalue weighted by Crippen LogP contribution is 2.16. The van der Waals surface area contributed by atoms with Crippen molar-refractivity contribution in [2.24, 2.45) is 0 Å². The Morgan fingerprint density at radius 1 is 1.38 bits per heavy atom. The number of aliphatic hydroxyl groups is 1. The van der Waals surface area contributed by atoms with Crippen LogP contribution >= 0.6 is 12.2 Å². The summed E-state index contributed by atoms with van der Waals surface area (Å²) < 4.78 is 10.1. The highest BCUT2D eigenvalue weighted by molar-refractivity contribution is 7.80. The molecule has 0 aliphatic heterocycles. The molecule has 0 aliphatic rings. The molecule has 0 heterocycles. The number of ether oxygens (including phenoxy) is 2. The van der Waals surface area contributed by atoms with Crippen LogP contribution in [0.3, 0.4) is 0 Å². The highest BCUT2D eigenvalue weighted by atomic mass is 32.1. The number of rotatable bonds is 4. The lowest BCUT2D eigenvalue weighted by atomic mass is 10.2. The molecule has 86 valence electrons. The minimum absolute atomic E-state index is 0.0844. The van der Waals surface area contributed by atoms with Gasteiger partial charge in [0.15, 0.2) is 5.05 Å². The number of benzene rings is 1. The van der Waals surface area contributed by atoms with Gasteiger partial charge in [-0.2, -0.15) is 0 Å². The SMILES string of the molecule is CCOC(=S)/C=C(\O)c1ccc(OC)cc1. The molecule has 1 N–H and O–H groups in total. The standard InChI is InChI=1S/C12H14O3S/c1-3-15-12(16)8-11(13)9-4-6-10(14-2)7-5-9/h4-8,13H,3H2,1-2H3/b11-8-. The van der Waals surface area contributed by atoms with Crippen molar-refractivity contribution in [3.8, 4) is 5.75 Å². The Kier molecular flexibility index (Phi) is 4.79. The van der Waals surface area contributed by atoms with Gasteiger partial charge in [0.2, 0.25) is 0 Å². The van der Waals surface area contributed by atoms with E-state index in [9.17, 15) is 5.11 Å². The smallest absolute Gasteiger partial charge is 0.187 e. The monoisotopic (exact) mass is 238 g/mol. The summed E-state index contributed by atoms with van der Waals surface area (Å²) in [5.74, 6) is 0.824. The van der Waals surface area contributed by atoms with Crippen LogP contribution in [0.4, 0.5) is 0 Å². The first-order valence-corrected chi connectivity index (χ1v) is 5.30. The summed E-state index contributed by atoms with van der Waals surface area (Å²) >= 11 is 4.89. The third kappa shape index (κ3) is 3.55. The van der Waals surface area contributed by atoms with E-state index in [0.717, 1.165) is 5.75 Å². The summed E-state index contributed by atoms with van der Waals surface area (Å²) in [4.78, 5) is 0. The lowest BCUT2D eigenvalue weighted by Crippen LogP contribution is -1.98. The van der Waals surface area contributed by atoms with E-state index in [1.54, 1.807) is 31.4 Å². The van der Waals surface area contributed by atoms with Crippen molar-refractivity contribution in [3.63, 3.8) is 0 Å². The van der Waals surface area contributed by atoms with Gasteiger partial charge in [-0.25, -0.2) is 0 Å². The van der Waals surface area contributed by atoms with Crippen LogP contribution < -0.4 is 4.74 Å². The summed E-state index contributed by atoms with van der Waals surface area (Å²) in [5.41, 5.74) is 0.669. The van der Waals surface area contributed by atoms with Gasteiger partial charge in [-0.15, -0.1) is 0 Å². The van der Waals surface area contributed by atoms with Crippen molar-refractivity contribution in [1.82, 2.24) is 0 Å². The first kappa shape index (κ1) is 12.5. The molecule has 1 aromatic rings. The van der Waals surface area contributed by atoms with Gasteiger partial charge in [0.25, 0.3) is 0 Å². The fourth-order valence-corrected chi connectivity index (χ4v) is 1.37. The Hall–Kier alpha value is -1.55. The van der Waals surface area contributed by atoms with E-state index in [2.05, 4.69) is 0 Å². The Morgan fingerprint density at radius 3 is 2.50 bits per heavy atom. The normalized spacial score (nSPS) is 11.0. The second kappa shape index (κ2) is 6.12. The molecule has 0 spiro atoms. The molecular weight excluding hydrogens is 224 g/mol. The molecule has 0 saturated carbocycles. The maximum atomic E-state index is 9.73. The summed E-state index contributed by atoms with van der Waals surface area (Å²) in [6.45, 7) is 2.33. The molecule has 0 fully saturated rings. The molecule has 0 aromatic heterocycles. The average Bonchev–Trinajstić information content (AvgIpc) is 2.29. The Labute approximate surface area is 100 Å². The maximum absolute atomic E-state index is 9.73. The third-order valence-electron chi connectivity index (χ3n) is 1.93. The molecule has 0 aliphatic carbocycles. The minimum Gasteiger partial charge on any atom is -0.507 e. The van der Waals surface area contributed by atoms with Gasteiger partial charge in [-0.3, -0.25) is 0 Å². The van der Waals surface area contributed by atoms with E-state index in [-0.39, 0.29) is 10.8 Å². The molecule has 0 atom stereocenters. The van der Waals surface area contributed by atoms with Crippen LogP contribution in [0.15, 0.2) is 30.3 Å². The number of thiocarbonyl (C=S) groups is 1. The number of aliphatic hydroxyl groups excluding tert-OH is 1. The number of methoxy groups -OCH3 is 1. The van der Waals surface area contributed by atoms with Crippen molar-refractivity contribution in [3.05, 3.63) is 35.9 Å². The first-order chi connectivity index (χ1) is 7.67. The minimum atomic E-state index is 0.0844. The van der Waals surface area contributed by atoms with Gasteiger partial charge in [0.05, 0.1) is 13.7 Å². The predicted molar refractivity (Wildman–Crippen MR) is 67.8 cm³/mol. The van der Waals surface area contributed by atoms with Crippen molar-refractivity contribution >= 4 is 23.0 Å². The van der Waals surface area contributed by atoms with E-state index in [1.807, 2.05) is 6.92 Å². The van der Waals surface area contributed by atoms with E-state index in [0.29, 0.717) is 12.2 Å². The Balaban J connectivity index is 2.79. The van der Waals surface area contributed by atoms with Crippen molar-refractivity contribution < 1.29 is 14.6 Å². The van der Waals surface area contributed by atoms with Crippen LogP contribution in [0.5, 0.6) is 5.75 Å². The average molecular weight is 238 g/mol. The van der Waals surface area contributed by atoms with Crippen LogP contribution in [0, 0.1) is 0 Å². The third-order valence-corrected chi connectivity index (χ3v) is 2.16. The highest BCUT2D eigenvalue weighted by Gasteiger charge is 2.01. The fourth-order valence-electron chi connectivity index (χ4n) is 1.14. The molecule has 3 nitrogen and oxygen atoms in total. The Morgan fingerprint density at radius 2 is 2.00 bits per heavy atom. The zero-order valence-electron chi connectivity index (χ0n) is 9.27. The van der Waals surface area contributed by atoms with Crippen LogP contribution in [-0.2, 0) is 4.74 Å². The predicted octanol–water partition coefficient (Wildman–Crippen LogP) is 2.96. The molecule has 1 rings (SSSR count). The van der Waals surface area contributed by atoms with Gasteiger partial charge in [0.1, 0.15) is 11.5 Å². The quantitative estimate of drug-likeness (QED) is 0.497. The van der Waals surface area contributed by atoms with Gasteiger partial charge < -0.3 is 14.6 Å². The number of hydrogen-bond acceptors (Lipinski definition) is 4. The van der Waals surface area contributed by atoms with Crippen molar-refractivity contribution in [1.29, 1.82) is 0 Å². The zero-order chi connectivity index (χ0) is 12.0. The van der Waals surface area contributed by atoms with E-state index in [4.69, 9.17) is 21.7 Å². The first-order valence-electron chi connectivity index (χ1n) is 4.89. The van der Waals surface area contributed by atoms with Crippen LogP contribution in [0.2, 0.25) is 0 Å². The molecule has 0 amide bonds. The largest absolute Gasteiger partial charge is 0.507 e. The molecule has 0 saturated heterocycles. The summed E-state index contributed by atoms with van der Waals surface area (Å²) in [7, 11) is 1.59. The van der Waals surface area contributed by atoms with Gasteiger partial charge in [0, 0.05) is 11.6 Å². The second-order valence-electron chi connectivity index (χ2n) is 3.01. The molecular formula is C12H14O3S. The summed E-state index contributed by atoms with van der Waals surface area (Å²) in [5, 5.41) is 10.0. The molecule has 4 heteroatoms. The van der Waals surface area contributed by atoms with Crippen molar-refractivity contribution in [2.45, 2.75) is 6.92 Å². The zero-order valence-corrected chi connectivity index (χ0v) is 10.1. The van der Waals surface area contributed by atoms with E-state index >= 15 is 0 Å². The van der Waals surface area contributed by atoms with Crippen molar-refractivity contribution in [2.75, 3.05) is 13.7 Å². The van der Waals surface area contributed by atoms with Gasteiger partial charge >= 0.3 is 0 Å². The topological polar surface area (TPSA) is 38.7 Å². The van der Waals surface area contributed by atoms with E-state index < -0.39 is 0 Å². The molecule has 0 unspecified atom stereocenters. The van der Waals surface area contributed by atoms with Crippen LogP contribution in [0.1, 0.15) is 12.5 Å². The summed E-state index contributed by atoms with van der Waals surface area (Å²) in [6.07, 6.45) is 1.42. The number of hydrogen-bond donors (Lipinski definition) is 1.